The second kappa shape index (κ2) is 9.53. The number of nitrogens with zero attached hydrogens (tertiary/aromatic N) is 2. The molecule has 0 saturated carbocycles. The lowest BCUT2D eigenvalue weighted by atomic mass is 10.2. The highest BCUT2D eigenvalue weighted by Gasteiger charge is 2.20. The molecule has 3 rings (SSSR count). The number of benzene rings is 2. The fourth-order valence-corrected chi connectivity index (χ4v) is 5.00. The van der Waals surface area contributed by atoms with Crippen molar-refractivity contribution in [3.05, 3.63) is 46.8 Å². The Morgan fingerprint density at radius 2 is 1.75 bits per heavy atom. The molecule has 0 radical (unpaired) electrons. The van der Waals surface area contributed by atoms with Gasteiger partial charge in [-0.2, -0.15) is 4.99 Å². The molecule has 2 aromatic carbocycles. The zero-order valence-corrected chi connectivity index (χ0v) is 19.6. The van der Waals surface area contributed by atoms with E-state index in [0.29, 0.717) is 21.7 Å². The highest BCUT2D eigenvalue weighted by molar-refractivity contribution is 7.90. The van der Waals surface area contributed by atoms with Crippen LogP contribution in [0.1, 0.15) is 17.3 Å². The Balaban J connectivity index is 2.24. The van der Waals surface area contributed by atoms with Gasteiger partial charge in [-0.3, -0.25) is 9.59 Å². The van der Waals surface area contributed by atoms with Gasteiger partial charge in [-0.1, -0.05) is 23.5 Å². The van der Waals surface area contributed by atoms with Gasteiger partial charge in [0, 0.05) is 18.4 Å². The summed E-state index contributed by atoms with van der Waals surface area (Å²) < 4.78 is 42.1. The molecule has 170 valence electrons. The third-order valence-electron chi connectivity index (χ3n) is 4.49. The van der Waals surface area contributed by atoms with Crippen molar-refractivity contribution < 1.29 is 32.2 Å². The molecule has 1 amide bonds. The number of fused-ring (bicyclic) bond motifs is 1. The number of esters is 1. The molecule has 0 fully saturated rings. The Labute approximate surface area is 188 Å². The first-order valence-corrected chi connectivity index (χ1v) is 12.2. The summed E-state index contributed by atoms with van der Waals surface area (Å²) in [6.07, 6.45) is 1.03. The summed E-state index contributed by atoms with van der Waals surface area (Å²) in [5.41, 5.74) is 0.536. The van der Waals surface area contributed by atoms with E-state index in [9.17, 15) is 18.0 Å². The van der Waals surface area contributed by atoms with Crippen LogP contribution in [-0.2, 0) is 25.9 Å². The third kappa shape index (κ3) is 4.83. The number of thiazole rings is 1. The van der Waals surface area contributed by atoms with Gasteiger partial charge < -0.3 is 18.8 Å². The number of hydrogen-bond acceptors (Lipinski definition) is 8. The zero-order chi connectivity index (χ0) is 23.5. The minimum absolute atomic E-state index is 0.0506. The molecule has 3 aromatic rings. The molecule has 1 heterocycles. The van der Waals surface area contributed by atoms with Gasteiger partial charge in [0.15, 0.2) is 26.1 Å². The maximum atomic E-state index is 13.0. The first-order valence-electron chi connectivity index (χ1n) is 9.48. The van der Waals surface area contributed by atoms with Crippen LogP contribution in [0, 0.1) is 0 Å². The van der Waals surface area contributed by atoms with Crippen LogP contribution in [0.2, 0.25) is 0 Å². The third-order valence-corrected chi connectivity index (χ3v) is 6.69. The quantitative estimate of drug-likeness (QED) is 0.479. The molecule has 0 bridgehead atoms. The molecule has 0 atom stereocenters. The van der Waals surface area contributed by atoms with Crippen LogP contribution in [0.3, 0.4) is 0 Å². The molecule has 32 heavy (non-hydrogen) atoms. The molecular weight excluding hydrogens is 456 g/mol. The fourth-order valence-electron chi connectivity index (χ4n) is 3.08. The number of amides is 1. The topological polar surface area (TPSA) is 113 Å². The van der Waals surface area contributed by atoms with Gasteiger partial charge >= 0.3 is 5.97 Å². The highest BCUT2D eigenvalue weighted by atomic mass is 32.2. The van der Waals surface area contributed by atoms with Crippen molar-refractivity contribution in [1.82, 2.24) is 4.57 Å². The van der Waals surface area contributed by atoms with E-state index in [1.807, 2.05) is 0 Å². The Morgan fingerprint density at radius 3 is 2.38 bits per heavy atom. The van der Waals surface area contributed by atoms with Crippen molar-refractivity contribution in [2.75, 3.05) is 27.1 Å². The highest BCUT2D eigenvalue weighted by Crippen LogP contribution is 2.33. The van der Waals surface area contributed by atoms with Crippen molar-refractivity contribution in [2.24, 2.45) is 4.99 Å². The number of ether oxygens (including phenoxy) is 3. The monoisotopic (exact) mass is 478 g/mol. The van der Waals surface area contributed by atoms with Gasteiger partial charge in [0.1, 0.15) is 6.54 Å². The Hall–Kier alpha value is -3.18. The standard InChI is InChI=1S/C21H22N2O7S2/c1-5-30-19(24)12-23-14-10-15(28-2)16(29-3)11-17(14)31-21(23)22-20(25)13-8-6-7-9-18(13)32(4,26)27/h6-11H,5,12H2,1-4H3. The molecule has 0 aliphatic rings. The van der Waals surface area contributed by atoms with Gasteiger partial charge in [-0.15, -0.1) is 0 Å². The number of methoxy groups -OCH3 is 2. The minimum atomic E-state index is -3.64. The molecule has 1 aromatic heterocycles. The van der Waals surface area contributed by atoms with E-state index in [2.05, 4.69) is 4.99 Å². The molecule has 0 aliphatic carbocycles. The summed E-state index contributed by atoms with van der Waals surface area (Å²) in [6.45, 7) is 1.70. The second-order valence-electron chi connectivity index (χ2n) is 6.64. The van der Waals surface area contributed by atoms with Crippen molar-refractivity contribution in [3.8, 4) is 11.5 Å². The van der Waals surface area contributed by atoms with E-state index in [1.54, 1.807) is 25.1 Å². The fraction of sp³-hybridized carbons (Fsp3) is 0.286. The average molecular weight is 479 g/mol. The lowest BCUT2D eigenvalue weighted by molar-refractivity contribution is -0.143. The summed E-state index contributed by atoms with van der Waals surface area (Å²) in [4.78, 5) is 29.4. The van der Waals surface area contributed by atoms with Crippen LogP contribution in [0.4, 0.5) is 0 Å². The molecule has 0 N–H and O–H groups in total. The largest absolute Gasteiger partial charge is 0.493 e. The van der Waals surface area contributed by atoms with Crippen LogP contribution in [0.25, 0.3) is 10.2 Å². The van der Waals surface area contributed by atoms with Crippen LogP contribution in [0.15, 0.2) is 46.3 Å². The number of carbonyl (C=O) groups is 2. The molecule has 0 aliphatic heterocycles. The Kier molecular flexibility index (Phi) is 6.99. The Morgan fingerprint density at radius 1 is 1.09 bits per heavy atom. The number of hydrogen-bond donors (Lipinski definition) is 0. The van der Waals surface area contributed by atoms with E-state index in [-0.39, 0.29) is 28.4 Å². The first-order chi connectivity index (χ1) is 15.2. The van der Waals surface area contributed by atoms with E-state index >= 15 is 0 Å². The summed E-state index contributed by atoms with van der Waals surface area (Å²) in [5, 5.41) is 0. The van der Waals surface area contributed by atoms with Gasteiger partial charge in [-0.05, 0) is 19.1 Å². The molecule has 0 spiro atoms. The van der Waals surface area contributed by atoms with Crippen molar-refractivity contribution >= 4 is 43.3 Å². The van der Waals surface area contributed by atoms with Crippen molar-refractivity contribution in [2.45, 2.75) is 18.4 Å². The summed E-state index contributed by atoms with van der Waals surface area (Å²) in [7, 11) is -0.652. The molecule has 0 saturated heterocycles. The van der Waals surface area contributed by atoms with Crippen LogP contribution in [0.5, 0.6) is 11.5 Å². The predicted octanol–water partition coefficient (Wildman–Crippen LogP) is 2.43. The van der Waals surface area contributed by atoms with Crippen molar-refractivity contribution in [1.29, 1.82) is 0 Å². The minimum Gasteiger partial charge on any atom is -0.493 e. The zero-order valence-electron chi connectivity index (χ0n) is 17.9. The maximum Gasteiger partial charge on any atom is 0.326 e. The van der Waals surface area contributed by atoms with Crippen LogP contribution in [-0.4, -0.2) is 51.9 Å². The number of carbonyl (C=O) groups excluding carboxylic acids is 2. The molecule has 0 unspecified atom stereocenters. The smallest absolute Gasteiger partial charge is 0.326 e. The summed E-state index contributed by atoms with van der Waals surface area (Å²) in [6, 6.07) is 9.24. The number of sulfone groups is 1. The van der Waals surface area contributed by atoms with Crippen LogP contribution < -0.4 is 14.3 Å². The molecular formula is C21H22N2O7S2. The van der Waals surface area contributed by atoms with E-state index in [0.717, 1.165) is 17.6 Å². The van der Waals surface area contributed by atoms with E-state index < -0.39 is 21.7 Å². The molecule has 11 heteroatoms. The lowest BCUT2D eigenvalue weighted by Gasteiger charge is -2.09. The lowest BCUT2D eigenvalue weighted by Crippen LogP contribution is -2.23. The SMILES string of the molecule is CCOC(=O)Cn1c(=NC(=O)c2ccccc2S(C)(=O)=O)sc2cc(OC)c(OC)cc21. The van der Waals surface area contributed by atoms with Crippen LogP contribution >= 0.6 is 11.3 Å². The maximum absolute atomic E-state index is 13.0. The average Bonchev–Trinajstić information content (AvgIpc) is 3.07. The van der Waals surface area contributed by atoms with Gasteiger partial charge in [-0.25, -0.2) is 8.42 Å². The first kappa shape index (κ1) is 23.5. The number of rotatable bonds is 7. The van der Waals surface area contributed by atoms with Gasteiger partial charge in [0.05, 0.1) is 41.5 Å². The Bertz CT molecular complexity index is 1350. The normalized spacial score (nSPS) is 12.1. The van der Waals surface area contributed by atoms with E-state index in [1.165, 1.54) is 37.0 Å². The second-order valence-corrected chi connectivity index (χ2v) is 9.63. The summed E-state index contributed by atoms with van der Waals surface area (Å²) in [5.74, 6) is -0.331. The van der Waals surface area contributed by atoms with Gasteiger partial charge in [0.25, 0.3) is 5.91 Å². The molecule has 9 nitrogen and oxygen atoms in total. The number of aromatic nitrogens is 1. The van der Waals surface area contributed by atoms with Crippen molar-refractivity contribution in [3.63, 3.8) is 0 Å². The van der Waals surface area contributed by atoms with Gasteiger partial charge in [0.2, 0.25) is 0 Å². The van der Waals surface area contributed by atoms with E-state index in [4.69, 9.17) is 14.2 Å². The summed E-state index contributed by atoms with van der Waals surface area (Å²) >= 11 is 1.15. The predicted molar refractivity (Wildman–Crippen MR) is 119 cm³/mol.